The maximum absolute atomic E-state index is 11.7. The summed E-state index contributed by atoms with van der Waals surface area (Å²) in [4.78, 5) is 34.4. The fraction of sp³-hybridized carbons (Fsp3) is 0.308. The highest BCUT2D eigenvalue weighted by atomic mass is 16.6. The van der Waals surface area contributed by atoms with Crippen LogP contribution in [-0.2, 0) is 20.9 Å². The second kappa shape index (κ2) is 7.13. The highest BCUT2D eigenvalue weighted by Gasteiger charge is 2.29. The maximum atomic E-state index is 11.7. The van der Waals surface area contributed by atoms with Crippen LogP contribution in [-0.4, -0.2) is 41.1 Å². The quantitative estimate of drug-likeness (QED) is 0.792. The number of ether oxygens (including phenoxy) is 1. The molecule has 0 aliphatic rings. The molecule has 7 nitrogen and oxygen atoms in total. The van der Waals surface area contributed by atoms with E-state index in [1.54, 1.807) is 24.3 Å². The standard InChI is InChI=1S/C13H16N2O5/c1-15(10(12(17)18)7-11(14)16)13(19)20-8-9-5-3-2-4-6-9/h2-6,10H,7-8H2,1H3,(H2,14,16)(H,17,18)/t10-/m0/s1. The number of aliphatic carboxylic acids is 1. The number of benzene rings is 1. The lowest BCUT2D eigenvalue weighted by Gasteiger charge is -2.23. The topological polar surface area (TPSA) is 110 Å². The number of hydrogen-bond donors (Lipinski definition) is 2. The Bertz CT molecular complexity index is 489. The van der Waals surface area contributed by atoms with Crippen LogP contribution in [0.15, 0.2) is 30.3 Å². The van der Waals surface area contributed by atoms with Crippen LogP contribution >= 0.6 is 0 Å². The lowest BCUT2D eigenvalue weighted by atomic mass is 10.2. The summed E-state index contributed by atoms with van der Waals surface area (Å²) in [5.41, 5.74) is 5.73. The Kier molecular flexibility index (Phi) is 5.52. The Labute approximate surface area is 115 Å². The SMILES string of the molecule is CN(C(=O)OCc1ccccc1)[C@@H](CC(N)=O)C(=O)O. The van der Waals surface area contributed by atoms with E-state index in [2.05, 4.69) is 0 Å². The van der Waals surface area contributed by atoms with Crippen molar-refractivity contribution in [2.24, 2.45) is 5.73 Å². The summed E-state index contributed by atoms with van der Waals surface area (Å²) in [6.07, 6.45) is -1.30. The van der Waals surface area contributed by atoms with Gasteiger partial charge in [-0.3, -0.25) is 9.69 Å². The summed E-state index contributed by atoms with van der Waals surface area (Å²) in [5, 5.41) is 8.97. The van der Waals surface area contributed by atoms with Crippen molar-refractivity contribution in [1.82, 2.24) is 4.90 Å². The predicted octanol–water partition coefficient (Wildman–Crippen LogP) is 0.584. The molecule has 0 spiro atoms. The van der Waals surface area contributed by atoms with Gasteiger partial charge in [-0.2, -0.15) is 0 Å². The van der Waals surface area contributed by atoms with Crippen LogP contribution in [0.4, 0.5) is 4.79 Å². The Hall–Kier alpha value is -2.57. The summed E-state index contributed by atoms with van der Waals surface area (Å²) in [6.45, 7) is 0.0208. The number of nitrogens with two attached hydrogens (primary N) is 1. The van der Waals surface area contributed by atoms with Crippen molar-refractivity contribution in [2.45, 2.75) is 19.1 Å². The normalized spacial score (nSPS) is 11.4. The molecule has 0 heterocycles. The van der Waals surface area contributed by atoms with Gasteiger partial charge >= 0.3 is 12.1 Å². The number of amides is 2. The van der Waals surface area contributed by atoms with Crippen LogP contribution in [0.25, 0.3) is 0 Å². The van der Waals surface area contributed by atoms with E-state index in [1.165, 1.54) is 7.05 Å². The van der Waals surface area contributed by atoms with Gasteiger partial charge in [0.25, 0.3) is 0 Å². The number of carbonyl (C=O) groups excluding carboxylic acids is 2. The number of hydrogen-bond acceptors (Lipinski definition) is 4. The molecule has 1 aromatic carbocycles. The van der Waals surface area contributed by atoms with Crippen molar-refractivity contribution in [3.8, 4) is 0 Å². The fourth-order valence-electron chi connectivity index (χ4n) is 1.53. The van der Waals surface area contributed by atoms with Crippen molar-refractivity contribution in [3.63, 3.8) is 0 Å². The first-order chi connectivity index (χ1) is 9.41. The molecule has 0 unspecified atom stereocenters. The van der Waals surface area contributed by atoms with Gasteiger partial charge in [0.1, 0.15) is 12.6 Å². The lowest BCUT2D eigenvalue weighted by Crippen LogP contribution is -2.44. The van der Waals surface area contributed by atoms with Crippen molar-refractivity contribution < 1.29 is 24.2 Å². The molecular formula is C13H16N2O5. The zero-order valence-corrected chi connectivity index (χ0v) is 11.0. The second-order valence-electron chi connectivity index (χ2n) is 4.18. The van der Waals surface area contributed by atoms with Gasteiger partial charge in [-0.05, 0) is 5.56 Å². The fourth-order valence-corrected chi connectivity index (χ4v) is 1.53. The number of likely N-dealkylation sites (N-methyl/N-ethyl adjacent to an activating group) is 1. The maximum Gasteiger partial charge on any atom is 0.410 e. The van der Waals surface area contributed by atoms with Crippen LogP contribution in [0, 0.1) is 0 Å². The summed E-state index contributed by atoms with van der Waals surface area (Å²) < 4.78 is 4.97. The molecule has 0 aliphatic heterocycles. The molecule has 108 valence electrons. The zero-order valence-electron chi connectivity index (χ0n) is 11.0. The van der Waals surface area contributed by atoms with Crippen LogP contribution in [0.1, 0.15) is 12.0 Å². The van der Waals surface area contributed by atoms with Crippen molar-refractivity contribution in [2.75, 3.05) is 7.05 Å². The summed E-state index contributed by atoms with van der Waals surface area (Å²) in [6, 6.07) is 7.61. The number of rotatable bonds is 6. The van der Waals surface area contributed by atoms with E-state index in [4.69, 9.17) is 15.6 Å². The Morgan fingerprint density at radius 2 is 1.90 bits per heavy atom. The zero-order chi connectivity index (χ0) is 15.1. The lowest BCUT2D eigenvalue weighted by molar-refractivity contribution is -0.144. The number of carboxylic acid groups (broad SMARTS) is 1. The molecule has 0 aliphatic carbocycles. The molecule has 0 radical (unpaired) electrons. The summed E-state index contributed by atoms with van der Waals surface area (Å²) >= 11 is 0. The van der Waals surface area contributed by atoms with E-state index >= 15 is 0 Å². The van der Waals surface area contributed by atoms with Gasteiger partial charge in [0.2, 0.25) is 5.91 Å². The van der Waals surface area contributed by atoms with Crippen LogP contribution < -0.4 is 5.73 Å². The first-order valence-corrected chi connectivity index (χ1v) is 5.86. The molecule has 0 bridgehead atoms. The molecule has 7 heteroatoms. The Morgan fingerprint density at radius 3 is 2.40 bits per heavy atom. The summed E-state index contributed by atoms with van der Waals surface area (Å²) in [5.74, 6) is -2.12. The number of nitrogens with zero attached hydrogens (tertiary/aromatic N) is 1. The van der Waals surface area contributed by atoms with Crippen molar-refractivity contribution >= 4 is 18.0 Å². The molecule has 1 rings (SSSR count). The third kappa shape index (κ3) is 4.60. The van der Waals surface area contributed by atoms with Gasteiger partial charge in [-0.15, -0.1) is 0 Å². The number of carbonyl (C=O) groups is 3. The molecular weight excluding hydrogens is 264 g/mol. The molecule has 0 fully saturated rings. The minimum absolute atomic E-state index is 0.0208. The second-order valence-corrected chi connectivity index (χ2v) is 4.18. The van der Waals surface area contributed by atoms with E-state index in [1.807, 2.05) is 6.07 Å². The van der Waals surface area contributed by atoms with Gasteiger partial charge in [0, 0.05) is 7.05 Å². The summed E-state index contributed by atoms with van der Waals surface area (Å²) in [7, 11) is 1.25. The molecule has 2 amide bonds. The molecule has 1 atom stereocenters. The number of carboxylic acids is 1. The third-order valence-corrected chi connectivity index (χ3v) is 2.64. The average Bonchev–Trinajstić information content (AvgIpc) is 2.42. The molecule has 0 aromatic heterocycles. The largest absolute Gasteiger partial charge is 0.480 e. The highest BCUT2D eigenvalue weighted by molar-refractivity contribution is 5.86. The third-order valence-electron chi connectivity index (χ3n) is 2.64. The molecule has 3 N–H and O–H groups in total. The highest BCUT2D eigenvalue weighted by Crippen LogP contribution is 2.07. The molecule has 1 aromatic rings. The van der Waals surface area contributed by atoms with E-state index in [-0.39, 0.29) is 6.61 Å². The number of primary amides is 1. The Morgan fingerprint density at radius 1 is 1.30 bits per heavy atom. The van der Waals surface area contributed by atoms with E-state index in [0.29, 0.717) is 0 Å². The molecule has 20 heavy (non-hydrogen) atoms. The first kappa shape index (κ1) is 15.5. The monoisotopic (exact) mass is 280 g/mol. The van der Waals surface area contributed by atoms with E-state index < -0.39 is 30.4 Å². The van der Waals surface area contributed by atoms with Gasteiger partial charge in [-0.1, -0.05) is 30.3 Å². The smallest absolute Gasteiger partial charge is 0.410 e. The van der Waals surface area contributed by atoms with Gasteiger partial charge in [0.15, 0.2) is 0 Å². The first-order valence-electron chi connectivity index (χ1n) is 5.86. The molecule has 0 saturated heterocycles. The van der Waals surface area contributed by atoms with Crippen LogP contribution in [0.2, 0.25) is 0 Å². The van der Waals surface area contributed by atoms with Gasteiger partial charge in [-0.25, -0.2) is 9.59 Å². The molecule has 0 saturated carbocycles. The van der Waals surface area contributed by atoms with Crippen molar-refractivity contribution in [1.29, 1.82) is 0 Å². The van der Waals surface area contributed by atoms with Crippen molar-refractivity contribution in [3.05, 3.63) is 35.9 Å². The van der Waals surface area contributed by atoms with Crippen LogP contribution in [0.3, 0.4) is 0 Å². The van der Waals surface area contributed by atoms with Crippen LogP contribution in [0.5, 0.6) is 0 Å². The minimum Gasteiger partial charge on any atom is -0.480 e. The van der Waals surface area contributed by atoms with Gasteiger partial charge in [0.05, 0.1) is 6.42 Å². The van der Waals surface area contributed by atoms with E-state index in [9.17, 15) is 14.4 Å². The predicted molar refractivity (Wildman–Crippen MR) is 69.6 cm³/mol. The van der Waals surface area contributed by atoms with Gasteiger partial charge < -0.3 is 15.6 Å². The van der Waals surface area contributed by atoms with E-state index in [0.717, 1.165) is 10.5 Å². The average molecular weight is 280 g/mol. The minimum atomic E-state index is -1.34. The Balaban J connectivity index is 2.60.